The summed E-state index contributed by atoms with van der Waals surface area (Å²) in [6, 6.07) is 9.80. The van der Waals surface area contributed by atoms with Crippen LogP contribution in [0.2, 0.25) is 0 Å². The molecule has 2 unspecified atom stereocenters. The topological polar surface area (TPSA) is 94.9 Å². The van der Waals surface area contributed by atoms with Gasteiger partial charge in [0.2, 0.25) is 5.91 Å². The summed E-state index contributed by atoms with van der Waals surface area (Å²) < 4.78 is 5.24. The molecule has 2 atom stereocenters. The van der Waals surface area contributed by atoms with Crippen LogP contribution >= 0.6 is 0 Å². The van der Waals surface area contributed by atoms with Crippen molar-refractivity contribution >= 4 is 17.8 Å². The smallest absolute Gasteiger partial charge is 0.322 e. The molecule has 2 aliphatic rings. The van der Waals surface area contributed by atoms with Crippen LogP contribution in [-0.2, 0) is 16.1 Å². The Morgan fingerprint density at radius 1 is 1.26 bits per heavy atom. The van der Waals surface area contributed by atoms with Crippen molar-refractivity contribution in [3.8, 4) is 0 Å². The number of rotatable bonds is 6. The molecule has 0 aliphatic carbocycles. The lowest BCUT2D eigenvalue weighted by Gasteiger charge is -2.32. The number of benzene rings is 1. The lowest BCUT2D eigenvalue weighted by atomic mass is 9.95. The molecule has 3 heterocycles. The molecule has 0 bridgehead atoms. The summed E-state index contributed by atoms with van der Waals surface area (Å²) in [5.41, 5.74) is 3.12. The summed E-state index contributed by atoms with van der Waals surface area (Å²) in [4.78, 5) is 42.0. The highest BCUT2D eigenvalue weighted by atomic mass is 16.3. The van der Waals surface area contributed by atoms with E-state index in [9.17, 15) is 14.4 Å². The van der Waals surface area contributed by atoms with Crippen molar-refractivity contribution in [3.63, 3.8) is 0 Å². The average Bonchev–Trinajstić information content (AvgIpc) is 3.40. The summed E-state index contributed by atoms with van der Waals surface area (Å²) in [5.74, 6) is 0.121. The summed E-state index contributed by atoms with van der Waals surface area (Å²) in [6.45, 7) is 6.44. The molecule has 1 aromatic carbocycles. The van der Waals surface area contributed by atoms with Gasteiger partial charge in [-0.3, -0.25) is 14.5 Å². The fraction of sp³-hybridized carbons (Fsp3) is 0.348. The molecular weight excluding hydrogens is 396 g/mol. The van der Waals surface area contributed by atoms with E-state index in [1.54, 1.807) is 30.2 Å². The molecule has 1 aromatic heterocycles. The van der Waals surface area contributed by atoms with Gasteiger partial charge in [0.15, 0.2) is 0 Å². The van der Waals surface area contributed by atoms with Crippen LogP contribution in [0, 0.1) is 6.92 Å². The van der Waals surface area contributed by atoms with Gasteiger partial charge in [-0.15, -0.1) is 0 Å². The Bertz CT molecular complexity index is 1030. The number of amides is 4. The average molecular weight is 422 g/mol. The molecule has 0 saturated carbocycles. The zero-order valence-electron chi connectivity index (χ0n) is 17.8. The van der Waals surface area contributed by atoms with Crippen LogP contribution in [0.4, 0.5) is 4.79 Å². The van der Waals surface area contributed by atoms with E-state index in [1.807, 2.05) is 38.1 Å². The van der Waals surface area contributed by atoms with Gasteiger partial charge in [0.05, 0.1) is 36.7 Å². The third-order valence-electron chi connectivity index (χ3n) is 5.84. The Hall–Kier alpha value is -3.55. The van der Waals surface area contributed by atoms with E-state index >= 15 is 0 Å². The third kappa shape index (κ3) is 3.81. The maximum Gasteiger partial charge on any atom is 0.322 e. The lowest BCUT2D eigenvalue weighted by Crippen LogP contribution is -2.47. The first-order valence-electron chi connectivity index (χ1n) is 10.4. The highest BCUT2D eigenvalue weighted by molar-refractivity contribution is 6.03. The number of nitrogens with one attached hydrogen (secondary N) is 2. The number of carbonyl (C=O) groups excluding carboxylic acids is 3. The monoisotopic (exact) mass is 422 g/mol. The van der Waals surface area contributed by atoms with Crippen molar-refractivity contribution in [1.82, 2.24) is 20.4 Å². The van der Waals surface area contributed by atoms with E-state index in [1.165, 1.54) is 4.90 Å². The number of aryl methyl sites for hydroxylation is 1. The minimum atomic E-state index is -0.694. The molecule has 8 nitrogen and oxygen atoms in total. The molecule has 2 N–H and O–H groups in total. The van der Waals surface area contributed by atoms with Crippen LogP contribution in [0.3, 0.4) is 0 Å². The first-order chi connectivity index (χ1) is 14.9. The maximum atomic E-state index is 13.4. The van der Waals surface area contributed by atoms with Crippen molar-refractivity contribution in [2.45, 2.75) is 39.4 Å². The van der Waals surface area contributed by atoms with E-state index in [0.29, 0.717) is 23.6 Å². The predicted octanol–water partition coefficient (Wildman–Crippen LogP) is 2.48. The second kappa shape index (κ2) is 8.29. The van der Waals surface area contributed by atoms with Gasteiger partial charge >= 0.3 is 6.03 Å². The Morgan fingerprint density at radius 3 is 2.65 bits per heavy atom. The number of nitrogens with zero attached hydrogens (tertiary/aromatic N) is 2. The van der Waals surface area contributed by atoms with Gasteiger partial charge in [-0.1, -0.05) is 29.8 Å². The molecule has 8 heteroatoms. The zero-order chi connectivity index (χ0) is 22.1. The number of urea groups is 1. The number of hydrogen-bond acceptors (Lipinski definition) is 4. The van der Waals surface area contributed by atoms with E-state index in [2.05, 4.69) is 10.6 Å². The standard InChI is InChI=1S/C23H26N4O4/c1-4-26-18-13-27(15(3)21(28)24-12-17-6-5-11-31-17)22(29)19(18)20(25-23(26)30)16-9-7-14(2)8-10-16/h5-11,15,20H,4,12-13H2,1-3H3,(H,24,28)(H,25,30). The quantitative estimate of drug-likeness (QED) is 0.748. The molecule has 2 aromatic rings. The molecule has 4 amide bonds. The van der Waals surface area contributed by atoms with Gasteiger partial charge in [-0.05, 0) is 38.5 Å². The van der Waals surface area contributed by atoms with Crippen molar-refractivity contribution < 1.29 is 18.8 Å². The highest BCUT2D eigenvalue weighted by Gasteiger charge is 2.45. The summed E-state index contributed by atoms with van der Waals surface area (Å²) in [7, 11) is 0. The molecule has 0 radical (unpaired) electrons. The van der Waals surface area contributed by atoms with Crippen LogP contribution < -0.4 is 10.6 Å². The van der Waals surface area contributed by atoms with Crippen LogP contribution in [0.5, 0.6) is 0 Å². The fourth-order valence-corrected chi connectivity index (χ4v) is 4.05. The number of likely N-dealkylation sites (N-methyl/N-ethyl adjacent to an activating group) is 1. The second-order valence-electron chi connectivity index (χ2n) is 7.80. The van der Waals surface area contributed by atoms with Crippen LogP contribution in [0.15, 0.2) is 58.3 Å². The first kappa shape index (κ1) is 20.7. The zero-order valence-corrected chi connectivity index (χ0v) is 17.8. The second-order valence-corrected chi connectivity index (χ2v) is 7.80. The number of furan rings is 1. The lowest BCUT2D eigenvalue weighted by molar-refractivity contribution is -0.135. The molecule has 162 valence electrons. The predicted molar refractivity (Wildman–Crippen MR) is 114 cm³/mol. The van der Waals surface area contributed by atoms with E-state index in [-0.39, 0.29) is 30.9 Å². The Kier molecular flexibility index (Phi) is 5.54. The molecule has 31 heavy (non-hydrogen) atoms. The van der Waals surface area contributed by atoms with Gasteiger partial charge in [-0.25, -0.2) is 4.79 Å². The van der Waals surface area contributed by atoms with Gasteiger partial charge < -0.3 is 20.0 Å². The van der Waals surface area contributed by atoms with Crippen molar-refractivity contribution in [3.05, 3.63) is 70.8 Å². The fourth-order valence-electron chi connectivity index (χ4n) is 4.05. The van der Waals surface area contributed by atoms with E-state index in [4.69, 9.17) is 4.42 Å². The maximum absolute atomic E-state index is 13.4. The van der Waals surface area contributed by atoms with Gasteiger partial charge in [0.1, 0.15) is 11.8 Å². The molecule has 0 fully saturated rings. The van der Waals surface area contributed by atoms with Crippen LogP contribution in [0.1, 0.15) is 36.8 Å². The number of carbonyl (C=O) groups is 3. The summed E-state index contributed by atoms with van der Waals surface area (Å²) in [6.07, 6.45) is 1.54. The summed E-state index contributed by atoms with van der Waals surface area (Å²) >= 11 is 0. The SMILES string of the molecule is CCN1C(=O)NC(c2ccc(C)cc2)C2=C1CN(C(C)C(=O)NCc1ccco1)C2=O. The van der Waals surface area contributed by atoms with Crippen molar-refractivity contribution in [2.24, 2.45) is 0 Å². The third-order valence-corrected chi connectivity index (χ3v) is 5.84. The Balaban J connectivity index is 1.58. The largest absolute Gasteiger partial charge is 0.467 e. The van der Waals surface area contributed by atoms with Crippen LogP contribution in [0.25, 0.3) is 0 Å². The molecule has 0 spiro atoms. The van der Waals surface area contributed by atoms with Gasteiger partial charge in [0, 0.05) is 6.54 Å². The Labute approximate surface area is 180 Å². The minimum absolute atomic E-state index is 0.215. The van der Waals surface area contributed by atoms with Gasteiger partial charge in [-0.2, -0.15) is 0 Å². The van der Waals surface area contributed by atoms with Crippen molar-refractivity contribution in [1.29, 1.82) is 0 Å². The Morgan fingerprint density at radius 2 is 2.00 bits per heavy atom. The molecule has 0 saturated heterocycles. The van der Waals surface area contributed by atoms with E-state index < -0.39 is 12.1 Å². The van der Waals surface area contributed by atoms with E-state index in [0.717, 1.165) is 11.1 Å². The molecule has 2 aliphatic heterocycles. The minimum Gasteiger partial charge on any atom is -0.467 e. The van der Waals surface area contributed by atoms with Gasteiger partial charge in [0.25, 0.3) is 5.91 Å². The highest BCUT2D eigenvalue weighted by Crippen LogP contribution is 2.37. The molecular formula is C23H26N4O4. The molecule has 4 rings (SSSR count). The van der Waals surface area contributed by atoms with Crippen LogP contribution in [-0.4, -0.2) is 46.8 Å². The number of hydrogen-bond donors (Lipinski definition) is 2. The normalized spacial score (nSPS) is 19.4. The summed E-state index contributed by atoms with van der Waals surface area (Å²) in [5, 5.41) is 5.76. The van der Waals surface area contributed by atoms with Crippen molar-refractivity contribution in [2.75, 3.05) is 13.1 Å². The first-order valence-corrected chi connectivity index (χ1v) is 10.4.